The Labute approximate surface area is 86.0 Å². The summed E-state index contributed by atoms with van der Waals surface area (Å²) in [5.74, 6) is 0. The molecule has 0 aromatic rings. The summed E-state index contributed by atoms with van der Waals surface area (Å²) in [6.07, 6.45) is 6.63. The van der Waals surface area contributed by atoms with Crippen LogP contribution in [0.15, 0.2) is 0 Å². The highest BCUT2D eigenvalue weighted by molar-refractivity contribution is 4.95. The van der Waals surface area contributed by atoms with Crippen LogP contribution in [0, 0.1) is 0 Å². The molecule has 2 saturated carbocycles. The van der Waals surface area contributed by atoms with Gasteiger partial charge in [0.2, 0.25) is 0 Å². The van der Waals surface area contributed by atoms with Gasteiger partial charge in [0, 0.05) is 37.3 Å². The molecule has 80 valence electrons. The van der Waals surface area contributed by atoms with Gasteiger partial charge in [-0.05, 0) is 32.1 Å². The average molecular weight is 195 g/mol. The zero-order valence-corrected chi connectivity index (χ0v) is 8.78. The van der Waals surface area contributed by atoms with Gasteiger partial charge in [0.15, 0.2) is 0 Å². The molecule has 0 spiro atoms. The Balaban J connectivity index is 1.42. The molecule has 1 heterocycles. The summed E-state index contributed by atoms with van der Waals surface area (Å²) in [6, 6.07) is 2.92. The van der Waals surface area contributed by atoms with E-state index in [1.165, 1.54) is 45.2 Å². The molecule has 3 nitrogen and oxygen atoms in total. The zero-order valence-electron chi connectivity index (χ0n) is 8.78. The standard InChI is InChI=1S/C11H21N3/c12-8-5-10(6-8)13-9-3-4-14(7-9)11-1-2-11/h8-11,13H,1-7,12H2. The Kier molecular flexibility index (Phi) is 2.26. The summed E-state index contributed by atoms with van der Waals surface area (Å²) in [7, 11) is 0. The van der Waals surface area contributed by atoms with Gasteiger partial charge in [-0.15, -0.1) is 0 Å². The third-order valence-corrected chi connectivity index (χ3v) is 3.93. The molecule has 0 aromatic heterocycles. The minimum Gasteiger partial charge on any atom is -0.328 e. The van der Waals surface area contributed by atoms with Crippen molar-refractivity contribution in [1.82, 2.24) is 10.2 Å². The molecule has 0 radical (unpaired) electrons. The fourth-order valence-electron chi connectivity index (χ4n) is 2.83. The molecule has 1 aliphatic heterocycles. The largest absolute Gasteiger partial charge is 0.328 e. The van der Waals surface area contributed by atoms with Gasteiger partial charge in [-0.1, -0.05) is 0 Å². The van der Waals surface area contributed by atoms with Gasteiger partial charge in [-0.3, -0.25) is 4.90 Å². The van der Waals surface area contributed by atoms with Crippen LogP contribution in [0.2, 0.25) is 0 Å². The van der Waals surface area contributed by atoms with Gasteiger partial charge in [0.1, 0.15) is 0 Å². The van der Waals surface area contributed by atoms with Gasteiger partial charge in [0.05, 0.1) is 0 Å². The van der Waals surface area contributed by atoms with Crippen molar-refractivity contribution in [1.29, 1.82) is 0 Å². The molecule has 0 bridgehead atoms. The lowest BCUT2D eigenvalue weighted by Crippen LogP contribution is -2.52. The quantitative estimate of drug-likeness (QED) is 0.680. The predicted octanol–water partition coefficient (Wildman–Crippen LogP) is 0.302. The van der Waals surface area contributed by atoms with E-state index in [9.17, 15) is 0 Å². The van der Waals surface area contributed by atoms with Crippen LogP contribution in [0.5, 0.6) is 0 Å². The Morgan fingerprint density at radius 2 is 1.86 bits per heavy atom. The molecule has 0 amide bonds. The summed E-state index contributed by atoms with van der Waals surface area (Å²) in [6.45, 7) is 2.61. The van der Waals surface area contributed by atoms with Crippen molar-refractivity contribution in [3.63, 3.8) is 0 Å². The SMILES string of the molecule is NC1CC(NC2CCN(C3CC3)C2)C1. The van der Waals surface area contributed by atoms with E-state index in [1.54, 1.807) is 0 Å². The molecule has 3 aliphatic rings. The van der Waals surface area contributed by atoms with E-state index in [0.29, 0.717) is 6.04 Å². The van der Waals surface area contributed by atoms with Gasteiger partial charge in [-0.25, -0.2) is 0 Å². The van der Waals surface area contributed by atoms with Crippen molar-refractivity contribution < 1.29 is 0 Å². The van der Waals surface area contributed by atoms with E-state index >= 15 is 0 Å². The first-order chi connectivity index (χ1) is 6.81. The van der Waals surface area contributed by atoms with E-state index in [-0.39, 0.29) is 0 Å². The first-order valence-electron chi connectivity index (χ1n) is 6.07. The minimum atomic E-state index is 0.480. The molecule has 14 heavy (non-hydrogen) atoms. The molecule has 1 unspecified atom stereocenters. The lowest BCUT2D eigenvalue weighted by atomic mass is 9.87. The van der Waals surface area contributed by atoms with Gasteiger partial charge in [-0.2, -0.15) is 0 Å². The third kappa shape index (κ3) is 1.81. The van der Waals surface area contributed by atoms with Crippen molar-refractivity contribution in [2.45, 2.75) is 56.3 Å². The number of likely N-dealkylation sites (tertiary alicyclic amines) is 1. The number of nitrogens with zero attached hydrogens (tertiary/aromatic N) is 1. The molecule has 3 N–H and O–H groups in total. The summed E-state index contributed by atoms with van der Waals surface area (Å²) in [4.78, 5) is 2.66. The first-order valence-corrected chi connectivity index (χ1v) is 6.07. The first kappa shape index (κ1) is 9.13. The van der Waals surface area contributed by atoms with Crippen LogP contribution in [0.4, 0.5) is 0 Å². The molecule has 3 rings (SSSR count). The Morgan fingerprint density at radius 3 is 2.50 bits per heavy atom. The number of nitrogens with two attached hydrogens (primary N) is 1. The zero-order chi connectivity index (χ0) is 9.54. The van der Waals surface area contributed by atoms with Crippen LogP contribution >= 0.6 is 0 Å². The maximum atomic E-state index is 5.78. The highest BCUT2D eigenvalue weighted by atomic mass is 15.2. The molecular weight excluding hydrogens is 174 g/mol. The Bertz CT molecular complexity index is 209. The number of hydrogen-bond donors (Lipinski definition) is 2. The van der Waals surface area contributed by atoms with E-state index < -0.39 is 0 Å². The second-order valence-electron chi connectivity index (χ2n) is 5.31. The van der Waals surface area contributed by atoms with Crippen LogP contribution in [-0.2, 0) is 0 Å². The maximum absolute atomic E-state index is 5.78. The van der Waals surface area contributed by atoms with Gasteiger partial charge < -0.3 is 11.1 Å². The fraction of sp³-hybridized carbons (Fsp3) is 1.00. The van der Waals surface area contributed by atoms with Crippen molar-refractivity contribution in [2.24, 2.45) is 5.73 Å². The van der Waals surface area contributed by atoms with Crippen molar-refractivity contribution in [3.8, 4) is 0 Å². The molecular formula is C11H21N3. The number of nitrogens with one attached hydrogen (secondary N) is 1. The summed E-state index contributed by atoms with van der Waals surface area (Å²) >= 11 is 0. The monoisotopic (exact) mass is 195 g/mol. The summed E-state index contributed by atoms with van der Waals surface area (Å²) < 4.78 is 0. The lowest BCUT2D eigenvalue weighted by molar-refractivity contribution is 0.256. The second kappa shape index (κ2) is 3.47. The number of hydrogen-bond acceptors (Lipinski definition) is 3. The van der Waals surface area contributed by atoms with Crippen molar-refractivity contribution >= 4 is 0 Å². The fourth-order valence-corrected chi connectivity index (χ4v) is 2.83. The summed E-state index contributed by atoms with van der Waals surface area (Å²) in [5, 5.41) is 3.74. The highest BCUT2D eigenvalue weighted by Crippen LogP contribution is 2.30. The second-order valence-corrected chi connectivity index (χ2v) is 5.31. The molecule has 0 aromatic carbocycles. The third-order valence-electron chi connectivity index (χ3n) is 3.93. The topological polar surface area (TPSA) is 41.3 Å². The minimum absolute atomic E-state index is 0.480. The normalized spacial score (nSPS) is 43.9. The average Bonchev–Trinajstić information content (AvgIpc) is 2.86. The molecule has 3 heteroatoms. The Morgan fingerprint density at radius 1 is 1.07 bits per heavy atom. The molecule has 2 aliphatic carbocycles. The van der Waals surface area contributed by atoms with Crippen molar-refractivity contribution in [3.05, 3.63) is 0 Å². The van der Waals surface area contributed by atoms with E-state index in [0.717, 1.165) is 18.1 Å². The lowest BCUT2D eigenvalue weighted by Gasteiger charge is -2.35. The van der Waals surface area contributed by atoms with Crippen LogP contribution in [0.25, 0.3) is 0 Å². The van der Waals surface area contributed by atoms with Crippen LogP contribution in [-0.4, -0.2) is 42.2 Å². The molecule has 1 saturated heterocycles. The van der Waals surface area contributed by atoms with Gasteiger partial charge >= 0.3 is 0 Å². The van der Waals surface area contributed by atoms with E-state index in [4.69, 9.17) is 5.73 Å². The molecule has 1 atom stereocenters. The highest BCUT2D eigenvalue weighted by Gasteiger charge is 2.36. The van der Waals surface area contributed by atoms with E-state index in [1.807, 2.05) is 0 Å². The van der Waals surface area contributed by atoms with Crippen LogP contribution in [0.1, 0.15) is 32.1 Å². The van der Waals surface area contributed by atoms with E-state index in [2.05, 4.69) is 10.2 Å². The Hall–Kier alpha value is -0.120. The smallest absolute Gasteiger partial charge is 0.0209 e. The van der Waals surface area contributed by atoms with Crippen LogP contribution in [0.3, 0.4) is 0 Å². The summed E-state index contributed by atoms with van der Waals surface area (Å²) in [5.41, 5.74) is 5.78. The van der Waals surface area contributed by atoms with Crippen molar-refractivity contribution in [2.75, 3.05) is 13.1 Å². The predicted molar refractivity (Wildman–Crippen MR) is 57.1 cm³/mol. The van der Waals surface area contributed by atoms with Gasteiger partial charge in [0.25, 0.3) is 0 Å². The van der Waals surface area contributed by atoms with Crippen LogP contribution < -0.4 is 11.1 Å². The molecule has 3 fully saturated rings. The number of rotatable bonds is 3. The maximum Gasteiger partial charge on any atom is 0.0209 e.